The van der Waals surface area contributed by atoms with E-state index >= 15 is 0 Å². The van der Waals surface area contributed by atoms with Crippen LogP contribution in [0.1, 0.15) is 88.2 Å². The van der Waals surface area contributed by atoms with Gasteiger partial charge in [-0.15, -0.1) is 0 Å². The molecule has 2 fully saturated rings. The van der Waals surface area contributed by atoms with Crippen LogP contribution in [0, 0.1) is 11.8 Å². The minimum Gasteiger partial charge on any atom is -0.423 e. The standard InChI is InChI=1S/C27H34BClO2/c29-22-14-16-24-23-15-13-21(28(30)31)17-25(23)27(26(24)18-22,19-9-5-1-2-6-10-19)20-11-7-3-4-8-12-20/h13-20,30-31H,1-12H2. The Morgan fingerprint density at radius 1 is 0.677 bits per heavy atom. The molecule has 3 aliphatic rings. The minimum absolute atomic E-state index is 0.0604. The zero-order valence-corrected chi connectivity index (χ0v) is 19.2. The molecular weight excluding hydrogens is 403 g/mol. The summed E-state index contributed by atoms with van der Waals surface area (Å²) >= 11 is 6.64. The van der Waals surface area contributed by atoms with Crippen LogP contribution in [0.4, 0.5) is 0 Å². The summed E-state index contributed by atoms with van der Waals surface area (Å²) in [5, 5.41) is 20.9. The molecule has 3 aliphatic carbocycles. The third-order valence-corrected chi connectivity index (χ3v) is 8.74. The molecule has 2 nitrogen and oxygen atoms in total. The van der Waals surface area contributed by atoms with Crippen molar-refractivity contribution >= 4 is 24.2 Å². The van der Waals surface area contributed by atoms with Crippen LogP contribution in [0.15, 0.2) is 36.4 Å². The average molecular weight is 437 g/mol. The second kappa shape index (κ2) is 8.92. The van der Waals surface area contributed by atoms with E-state index < -0.39 is 7.12 Å². The van der Waals surface area contributed by atoms with Crippen molar-refractivity contribution in [2.45, 2.75) is 82.5 Å². The van der Waals surface area contributed by atoms with Gasteiger partial charge in [0, 0.05) is 10.4 Å². The summed E-state index contributed by atoms with van der Waals surface area (Å²) in [6, 6.07) is 12.6. The van der Waals surface area contributed by atoms with Crippen molar-refractivity contribution in [3.8, 4) is 11.1 Å². The first-order valence-electron chi connectivity index (χ1n) is 12.4. The van der Waals surface area contributed by atoms with Crippen molar-refractivity contribution in [1.82, 2.24) is 0 Å². The molecule has 0 spiro atoms. The maximum Gasteiger partial charge on any atom is 0.488 e. The van der Waals surface area contributed by atoms with Crippen LogP contribution in [-0.4, -0.2) is 17.2 Å². The van der Waals surface area contributed by atoms with E-state index in [-0.39, 0.29) is 5.41 Å². The highest BCUT2D eigenvalue weighted by atomic mass is 35.5. The predicted octanol–water partition coefficient (Wildman–Crippen LogP) is 6.23. The van der Waals surface area contributed by atoms with Gasteiger partial charge in [-0.25, -0.2) is 0 Å². The fraction of sp³-hybridized carbons (Fsp3) is 0.556. The van der Waals surface area contributed by atoms with Crippen LogP contribution in [0.2, 0.25) is 5.02 Å². The number of hydrogen-bond acceptors (Lipinski definition) is 2. The first kappa shape index (κ1) is 21.6. The summed E-state index contributed by atoms with van der Waals surface area (Å²) in [5.74, 6) is 1.17. The van der Waals surface area contributed by atoms with E-state index in [2.05, 4.69) is 24.3 Å². The molecule has 31 heavy (non-hydrogen) atoms. The number of benzene rings is 2. The molecule has 0 radical (unpaired) electrons. The molecule has 0 saturated heterocycles. The SMILES string of the molecule is OB(O)c1ccc2c(c1)C(C1CCCCCC1)(C1CCCCCC1)c1cc(Cl)ccc1-2. The Bertz CT molecular complexity index is 905. The monoisotopic (exact) mass is 436 g/mol. The van der Waals surface area contributed by atoms with Crippen molar-refractivity contribution in [3.05, 3.63) is 52.5 Å². The lowest BCUT2D eigenvalue weighted by atomic mass is 9.56. The highest BCUT2D eigenvalue weighted by molar-refractivity contribution is 6.58. The minimum atomic E-state index is -1.43. The topological polar surface area (TPSA) is 40.5 Å². The predicted molar refractivity (Wildman–Crippen MR) is 130 cm³/mol. The molecule has 0 unspecified atom stereocenters. The lowest BCUT2D eigenvalue weighted by Crippen LogP contribution is -2.43. The van der Waals surface area contributed by atoms with Gasteiger partial charge in [0.2, 0.25) is 0 Å². The van der Waals surface area contributed by atoms with Gasteiger partial charge >= 0.3 is 7.12 Å². The Kier molecular flexibility index (Phi) is 6.21. The summed E-state index contributed by atoms with van der Waals surface area (Å²) < 4.78 is 0. The van der Waals surface area contributed by atoms with E-state index in [0.29, 0.717) is 17.3 Å². The average Bonchev–Trinajstić information content (AvgIpc) is 3.07. The maximum atomic E-state index is 10.0. The molecule has 0 aliphatic heterocycles. The van der Waals surface area contributed by atoms with Crippen molar-refractivity contribution in [3.63, 3.8) is 0 Å². The van der Waals surface area contributed by atoms with E-state index in [0.717, 1.165) is 5.02 Å². The highest BCUT2D eigenvalue weighted by Crippen LogP contribution is 2.61. The van der Waals surface area contributed by atoms with Crippen molar-refractivity contribution < 1.29 is 10.0 Å². The Morgan fingerprint density at radius 2 is 1.16 bits per heavy atom. The van der Waals surface area contributed by atoms with Crippen LogP contribution in [0.3, 0.4) is 0 Å². The van der Waals surface area contributed by atoms with Gasteiger partial charge in [0.25, 0.3) is 0 Å². The summed E-state index contributed by atoms with van der Waals surface area (Å²) in [4.78, 5) is 0. The van der Waals surface area contributed by atoms with Crippen molar-refractivity contribution in [1.29, 1.82) is 0 Å². The quantitative estimate of drug-likeness (QED) is 0.442. The normalized spacial score (nSPS) is 21.8. The van der Waals surface area contributed by atoms with Crippen molar-refractivity contribution in [2.24, 2.45) is 11.8 Å². The van der Waals surface area contributed by atoms with Gasteiger partial charge in [-0.05, 0) is 77.4 Å². The smallest absolute Gasteiger partial charge is 0.423 e. The van der Waals surface area contributed by atoms with E-state index in [4.69, 9.17) is 11.6 Å². The molecule has 0 atom stereocenters. The number of halogens is 1. The molecule has 0 heterocycles. The maximum absolute atomic E-state index is 10.0. The van der Waals surface area contributed by atoms with Gasteiger partial charge in [-0.1, -0.05) is 87.2 Å². The third kappa shape index (κ3) is 3.67. The van der Waals surface area contributed by atoms with Crippen LogP contribution >= 0.6 is 11.6 Å². The highest BCUT2D eigenvalue weighted by Gasteiger charge is 2.53. The Labute approximate surface area is 192 Å². The molecule has 0 aromatic heterocycles. The zero-order chi connectivity index (χ0) is 21.4. The van der Waals surface area contributed by atoms with Gasteiger partial charge in [0.05, 0.1) is 0 Å². The first-order valence-corrected chi connectivity index (χ1v) is 12.8. The molecule has 0 amide bonds. The molecule has 0 bridgehead atoms. The summed E-state index contributed by atoms with van der Waals surface area (Å²) in [6.07, 6.45) is 15.6. The van der Waals surface area contributed by atoms with Gasteiger partial charge in [-0.3, -0.25) is 0 Å². The Hall–Kier alpha value is -1.29. The summed E-state index contributed by atoms with van der Waals surface area (Å²) in [5.41, 5.74) is 5.91. The van der Waals surface area contributed by atoms with E-state index in [1.54, 1.807) is 0 Å². The molecule has 164 valence electrons. The van der Waals surface area contributed by atoms with Crippen LogP contribution in [0.25, 0.3) is 11.1 Å². The zero-order valence-electron chi connectivity index (χ0n) is 18.5. The number of hydrogen-bond donors (Lipinski definition) is 2. The van der Waals surface area contributed by atoms with Crippen LogP contribution in [-0.2, 0) is 5.41 Å². The second-order valence-electron chi connectivity index (χ2n) is 10.1. The largest absolute Gasteiger partial charge is 0.488 e. The van der Waals surface area contributed by atoms with Gasteiger partial charge in [-0.2, -0.15) is 0 Å². The third-order valence-electron chi connectivity index (χ3n) is 8.50. The lowest BCUT2D eigenvalue weighted by molar-refractivity contribution is 0.180. The molecule has 4 heteroatoms. The lowest BCUT2D eigenvalue weighted by Gasteiger charge is -2.46. The molecule has 2 aromatic carbocycles. The second-order valence-corrected chi connectivity index (χ2v) is 10.6. The molecule has 2 saturated carbocycles. The summed E-state index contributed by atoms with van der Waals surface area (Å²) in [7, 11) is -1.43. The molecular formula is C27H34BClO2. The molecule has 2 aromatic rings. The van der Waals surface area contributed by atoms with E-state index in [1.165, 1.54) is 99.3 Å². The van der Waals surface area contributed by atoms with E-state index in [9.17, 15) is 10.0 Å². The van der Waals surface area contributed by atoms with Crippen LogP contribution < -0.4 is 5.46 Å². The van der Waals surface area contributed by atoms with Gasteiger partial charge in [0.15, 0.2) is 0 Å². The number of rotatable bonds is 3. The Balaban J connectivity index is 1.79. The fourth-order valence-corrected chi connectivity index (χ4v) is 7.39. The summed E-state index contributed by atoms with van der Waals surface area (Å²) in [6.45, 7) is 0. The van der Waals surface area contributed by atoms with Gasteiger partial charge in [0.1, 0.15) is 0 Å². The Morgan fingerprint density at radius 3 is 1.68 bits per heavy atom. The number of fused-ring (bicyclic) bond motifs is 3. The molecule has 2 N–H and O–H groups in total. The van der Waals surface area contributed by atoms with Crippen molar-refractivity contribution in [2.75, 3.05) is 0 Å². The fourth-order valence-electron chi connectivity index (χ4n) is 7.22. The molecule has 5 rings (SSSR count). The van der Waals surface area contributed by atoms with Gasteiger partial charge < -0.3 is 10.0 Å². The first-order chi connectivity index (χ1) is 15.1. The van der Waals surface area contributed by atoms with E-state index in [1.807, 2.05) is 12.1 Å². The van der Waals surface area contributed by atoms with Crippen LogP contribution in [0.5, 0.6) is 0 Å².